The molecular weight excluding hydrogens is 645 g/mol. The van der Waals surface area contributed by atoms with E-state index in [-0.39, 0.29) is 37.9 Å². The second-order valence-corrected chi connectivity index (χ2v) is 15.4. The van der Waals surface area contributed by atoms with Crippen molar-refractivity contribution in [3.63, 3.8) is 0 Å². The third kappa shape index (κ3) is 9.29. The SMILES string of the molecule is CCOC(=O)C(CC(C)C)NP(=O)(NC(CC(C)C)C(=O)OCC)OC[C@H]1O[C@@H](n2cnc3c(NC4CC4)nc(C)nc32)[C@@](C)(O)C1O. The highest BCUT2D eigenvalue weighted by molar-refractivity contribution is 7.54. The van der Waals surface area contributed by atoms with Crippen LogP contribution >= 0.6 is 7.67 Å². The van der Waals surface area contributed by atoms with E-state index in [1.165, 1.54) is 17.8 Å². The summed E-state index contributed by atoms with van der Waals surface area (Å²) in [5.41, 5.74) is -0.967. The summed E-state index contributed by atoms with van der Waals surface area (Å²) >= 11 is 0. The number of nitrogens with zero attached hydrogens (tertiary/aromatic N) is 4. The summed E-state index contributed by atoms with van der Waals surface area (Å²) in [5.74, 6) is -0.194. The molecule has 2 aromatic heterocycles. The number of ether oxygens (including phenoxy) is 3. The Morgan fingerprint density at radius 2 is 1.62 bits per heavy atom. The Bertz CT molecular complexity index is 1430. The minimum atomic E-state index is -4.28. The smallest absolute Gasteiger partial charge is 0.342 e. The summed E-state index contributed by atoms with van der Waals surface area (Å²) in [6.45, 7) is 13.8. The molecule has 0 amide bonds. The average Bonchev–Trinajstić information content (AvgIpc) is 3.66. The fourth-order valence-corrected chi connectivity index (χ4v) is 7.45. The molecule has 16 nitrogen and oxygen atoms in total. The number of carbonyl (C=O) groups excluding carboxylic acids is 2. The predicted octanol–water partition coefficient (Wildman–Crippen LogP) is 2.98. The number of aryl methyl sites for hydroxylation is 1. The van der Waals surface area contributed by atoms with Gasteiger partial charge in [-0.2, -0.15) is 0 Å². The number of rotatable bonds is 18. The van der Waals surface area contributed by atoms with E-state index >= 15 is 0 Å². The molecule has 17 heteroatoms. The van der Waals surface area contributed by atoms with Crippen LogP contribution in [-0.4, -0.2) is 97.4 Å². The van der Waals surface area contributed by atoms with Gasteiger partial charge in [-0.1, -0.05) is 27.7 Å². The third-order valence-electron chi connectivity index (χ3n) is 8.09. The minimum Gasteiger partial charge on any atom is -0.465 e. The molecule has 270 valence electrons. The number of esters is 2. The first-order valence-electron chi connectivity index (χ1n) is 16.7. The second-order valence-electron chi connectivity index (χ2n) is 13.5. The molecule has 4 rings (SSSR count). The number of nitrogens with one attached hydrogen (secondary N) is 3. The van der Waals surface area contributed by atoms with Crippen molar-refractivity contribution in [2.75, 3.05) is 25.1 Å². The monoisotopic (exact) mass is 697 g/mol. The molecule has 48 heavy (non-hydrogen) atoms. The van der Waals surface area contributed by atoms with Crippen molar-refractivity contribution in [1.82, 2.24) is 29.7 Å². The van der Waals surface area contributed by atoms with Crippen LogP contribution in [0.25, 0.3) is 11.2 Å². The topological polar surface area (TPSA) is 208 Å². The number of aliphatic hydroxyl groups is 2. The standard InChI is InChI=1S/C31H52N7O9P/c1-9-44-28(40)21(13-17(3)4)36-48(43,37-22(14-18(5)6)29(41)45-10-2)46-15-23-25(39)31(8,42)30(47-23)38-16-32-24-26(35-20-11-12-20)33-19(7)34-27(24)38/h16-18,20-23,25,30,39,42H,9-15H2,1-8H3,(H,33,34,35)(H2,36,37,43)/t21?,22?,23-,25?,30-,31+,48?/m1/s1. The predicted molar refractivity (Wildman–Crippen MR) is 177 cm³/mol. The molecule has 0 bridgehead atoms. The van der Waals surface area contributed by atoms with Gasteiger partial charge in [0.15, 0.2) is 23.2 Å². The van der Waals surface area contributed by atoms with E-state index in [1.807, 2.05) is 27.7 Å². The Morgan fingerprint density at radius 1 is 1.06 bits per heavy atom. The maximum Gasteiger partial charge on any atom is 0.342 e. The lowest BCUT2D eigenvalue weighted by molar-refractivity contribution is -0.146. The number of carbonyl (C=O) groups is 2. The van der Waals surface area contributed by atoms with Gasteiger partial charge in [0, 0.05) is 6.04 Å². The van der Waals surface area contributed by atoms with Gasteiger partial charge in [0.25, 0.3) is 0 Å². The molecule has 3 unspecified atom stereocenters. The van der Waals surface area contributed by atoms with Crippen LogP contribution in [0.1, 0.15) is 86.2 Å². The fourth-order valence-electron chi connectivity index (χ4n) is 5.63. The lowest BCUT2D eigenvalue weighted by Gasteiger charge is -2.30. The molecule has 2 fully saturated rings. The molecule has 0 spiro atoms. The highest BCUT2D eigenvalue weighted by atomic mass is 31.2. The van der Waals surface area contributed by atoms with Crippen LogP contribution in [0.4, 0.5) is 5.82 Å². The van der Waals surface area contributed by atoms with E-state index in [0.717, 1.165) is 12.8 Å². The van der Waals surface area contributed by atoms with Crippen molar-refractivity contribution in [2.24, 2.45) is 11.8 Å². The first-order chi connectivity index (χ1) is 22.6. The number of hydrogen-bond donors (Lipinski definition) is 5. The number of hydrogen-bond acceptors (Lipinski definition) is 13. The Morgan fingerprint density at radius 3 is 2.12 bits per heavy atom. The van der Waals surface area contributed by atoms with Crippen LogP contribution in [0.15, 0.2) is 6.33 Å². The van der Waals surface area contributed by atoms with Crippen LogP contribution in [0, 0.1) is 18.8 Å². The van der Waals surface area contributed by atoms with Crippen molar-refractivity contribution in [2.45, 2.75) is 123 Å². The van der Waals surface area contributed by atoms with Crippen molar-refractivity contribution in [3.8, 4) is 0 Å². The van der Waals surface area contributed by atoms with Crippen LogP contribution in [0.5, 0.6) is 0 Å². The molecule has 1 saturated heterocycles. The van der Waals surface area contributed by atoms with Gasteiger partial charge in [-0.05, 0) is 65.2 Å². The number of anilines is 1. The number of imidazole rings is 1. The number of aromatic nitrogens is 4. The normalized spacial score (nSPS) is 25.3. The van der Waals surface area contributed by atoms with Crippen LogP contribution < -0.4 is 15.5 Å². The van der Waals surface area contributed by atoms with E-state index in [1.54, 1.807) is 20.8 Å². The van der Waals surface area contributed by atoms with E-state index < -0.39 is 62.3 Å². The zero-order valence-corrected chi connectivity index (χ0v) is 30.0. The average molecular weight is 698 g/mol. The molecular formula is C31H52N7O9P. The number of fused-ring (bicyclic) bond motifs is 1. The number of aliphatic hydroxyl groups excluding tert-OH is 1. The van der Waals surface area contributed by atoms with E-state index in [4.69, 9.17) is 18.7 Å². The van der Waals surface area contributed by atoms with E-state index in [9.17, 15) is 24.4 Å². The van der Waals surface area contributed by atoms with Crippen molar-refractivity contribution in [1.29, 1.82) is 0 Å². The van der Waals surface area contributed by atoms with Crippen LogP contribution in [0.3, 0.4) is 0 Å². The van der Waals surface area contributed by atoms with Gasteiger partial charge in [-0.25, -0.2) is 25.1 Å². The van der Waals surface area contributed by atoms with Gasteiger partial charge < -0.3 is 34.3 Å². The highest BCUT2D eigenvalue weighted by Gasteiger charge is 2.54. The largest absolute Gasteiger partial charge is 0.465 e. The maximum absolute atomic E-state index is 14.6. The quantitative estimate of drug-likeness (QED) is 0.112. The molecule has 1 saturated carbocycles. The van der Waals surface area contributed by atoms with Crippen LogP contribution in [0.2, 0.25) is 0 Å². The molecule has 0 radical (unpaired) electrons. The lowest BCUT2D eigenvalue weighted by Crippen LogP contribution is -2.47. The molecule has 3 heterocycles. The van der Waals surface area contributed by atoms with Crippen molar-refractivity contribution < 1.29 is 43.1 Å². The zero-order valence-electron chi connectivity index (χ0n) is 29.1. The van der Waals surface area contributed by atoms with Crippen molar-refractivity contribution in [3.05, 3.63) is 12.2 Å². The second kappa shape index (κ2) is 15.9. The van der Waals surface area contributed by atoms with Gasteiger partial charge in [0.2, 0.25) is 0 Å². The van der Waals surface area contributed by atoms with E-state index in [0.29, 0.717) is 28.8 Å². The molecule has 2 aliphatic rings. The van der Waals surface area contributed by atoms with Gasteiger partial charge in [-0.3, -0.25) is 18.7 Å². The first-order valence-corrected chi connectivity index (χ1v) is 18.4. The Kier molecular flexibility index (Phi) is 12.6. The van der Waals surface area contributed by atoms with Gasteiger partial charge in [-0.15, -0.1) is 0 Å². The molecule has 5 N–H and O–H groups in total. The highest BCUT2D eigenvalue weighted by Crippen LogP contribution is 2.45. The summed E-state index contributed by atoms with van der Waals surface area (Å²) in [5, 5.41) is 31.8. The summed E-state index contributed by atoms with van der Waals surface area (Å²) in [7, 11) is -4.28. The van der Waals surface area contributed by atoms with Gasteiger partial charge in [0.05, 0.1) is 26.1 Å². The van der Waals surface area contributed by atoms with E-state index in [2.05, 4.69) is 30.4 Å². The summed E-state index contributed by atoms with van der Waals surface area (Å²) in [4.78, 5) is 39.4. The van der Waals surface area contributed by atoms with Gasteiger partial charge >= 0.3 is 19.6 Å². The van der Waals surface area contributed by atoms with Crippen LogP contribution in [-0.2, 0) is 32.9 Å². The molecule has 0 aromatic carbocycles. The summed E-state index contributed by atoms with van der Waals surface area (Å²) < 4.78 is 38.7. The molecule has 2 aromatic rings. The third-order valence-corrected chi connectivity index (χ3v) is 9.90. The minimum absolute atomic E-state index is 0.00477. The summed E-state index contributed by atoms with van der Waals surface area (Å²) in [6.07, 6.45) is 0.188. The lowest BCUT2D eigenvalue weighted by atomic mass is 9.96. The molecule has 1 aliphatic heterocycles. The Hall–Kier alpha value is -2.72. The van der Waals surface area contributed by atoms with Crippen molar-refractivity contribution >= 4 is 36.6 Å². The first kappa shape index (κ1) is 38.1. The molecule has 1 aliphatic carbocycles. The zero-order chi connectivity index (χ0) is 35.4. The Balaban J connectivity index is 1.61. The maximum atomic E-state index is 14.6. The Labute approximate surface area is 281 Å². The fraction of sp³-hybridized carbons (Fsp3) is 0.774. The molecule has 6 atom stereocenters. The summed E-state index contributed by atoms with van der Waals surface area (Å²) in [6, 6.07) is -1.78. The van der Waals surface area contributed by atoms with Gasteiger partial charge in [0.1, 0.15) is 35.7 Å².